The number of likely N-dealkylation sites (N-methyl/N-ethyl adjacent to an activating group) is 1. The molecule has 1 amide bonds. The van der Waals surface area contributed by atoms with E-state index in [4.69, 9.17) is 0 Å². The number of benzene rings is 1. The second-order valence-corrected chi connectivity index (χ2v) is 4.61. The molecular weight excluding hydrogens is 225 g/mol. The number of amides is 1. The molecule has 1 rings (SSSR count). The van der Waals surface area contributed by atoms with Gasteiger partial charge in [0.05, 0.1) is 5.60 Å². The van der Waals surface area contributed by atoms with E-state index in [0.29, 0.717) is 0 Å². The van der Waals surface area contributed by atoms with Crippen molar-refractivity contribution in [3.63, 3.8) is 0 Å². The molecule has 2 N–H and O–H groups in total. The summed E-state index contributed by atoms with van der Waals surface area (Å²) in [7, 11) is 1.44. The number of phenolic OH excluding ortho intramolecular Hbond substituents is 1. The Morgan fingerprint density at radius 3 is 2.53 bits per heavy atom. The fraction of sp³-hybridized carbons (Fsp3) is 0.417. The van der Waals surface area contributed by atoms with Crippen LogP contribution in [-0.2, 0) is 0 Å². The van der Waals surface area contributed by atoms with Gasteiger partial charge in [-0.15, -0.1) is 0 Å². The van der Waals surface area contributed by atoms with Crippen LogP contribution in [0.15, 0.2) is 18.2 Å². The van der Waals surface area contributed by atoms with Crippen molar-refractivity contribution in [1.82, 2.24) is 4.90 Å². The predicted octanol–water partition coefficient (Wildman–Crippen LogP) is 1.37. The van der Waals surface area contributed by atoms with Crippen molar-refractivity contribution in [3.05, 3.63) is 29.6 Å². The van der Waals surface area contributed by atoms with Gasteiger partial charge in [0.1, 0.15) is 17.1 Å². The topological polar surface area (TPSA) is 60.8 Å². The molecule has 0 saturated carbocycles. The van der Waals surface area contributed by atoms with Crippen molar-refractivity contribution in [2.45, 2.75) is 19.4 Å². The molecule has 1 aromatic carbocycles. The average molecular weight is 241 g/mol. The molecule has 0 spiro atoms. The molecule has 0 aromatic heterocycles. The van der Waals surface area contributed by atoms with Crippen molar-refractivity contribution in [2.24, 2.45) is 0 Å². The summed E-state index contributed by atoms with van der Waals surface area (Å²) in [5, 5.41) is 19.0. The first-order valence-corrected chi connectivity index (χ1v) is 5.17. The van der Waals surface area contributed by atoms with Crippen LogP contribution in [-0.4, -0.2) is 40.2 Å². The van der Waals surface area contributed by atoms with Crippen molar-refractivity contribution < 1.29 is 19.4 Å². The summed E-state index contributed by atoms with van der Waals surface area (Å²) in [5.74, 6) is -1.85. The van der Waals surface area contributed by atoms with E-state index in [1.807, 2.05) is 0 Å². The lowest BCUT2D eigenvalue weighted by molar-refractivity contribution is 0.0363. The second-order valence-electron chi connectivity index (χ2n) is 4.61. The molecule has 0 aliphatic rings. The third-order valence-electron chi connectivity index (χ3n) is 2.18. The molecular formula is C12H16FNO3. The number of aromatic hydroxyl groups is 1. The smallest absolute Gasteiger partial charge is 0.260 e. The molecule has 5 heteroatoms. The Hall–Kier alpha value is -1.62. The van der Waals surface area contributed by atoms with Crippen LogP contribution in [0.4, 0.5) is 4.39 Å². The van der Waals surface area contributed by atoms with Crippen molar-refractivity contribution in [3.8, 4) is 5.75 Å². The quantitative estimate of drug-likeness (QED) is 0.840. The predicted molar refractivity (Wildman–Crippen MR) is 61.3 cm³/mol. The summed E-state index contributed by atoms with van der Waals surface area (Å²) in [6, 6.07) is 3.66. The van der Waals surface area contributed by atoms with E-state index in [2.05, 4.69) is 0 Å². The monoisotopic (exact) mass is 241 g/mol. The Balaban J connectivity index is 2.97. The summed E-state index contributed by atoms with van der Waals surface area (Å²) >= 11 is 0. The highest BCUT2D eigenvalue weighted by Gasteiger charge is 2.24. The van der Waals surface area contributed by atoms with Crippen LogP contribution in [0.5, 0.6) is 5.75 Å². The zero-order valence-corrected chi connectivity index (χ0v) is 10.1. The summed E-state index contributed by atoms with van der Waals surface area (Å²) in [5.41, 5.74) is -1.45. The van der Waals surface area contributed by atoms with Crippen LogP contribution >= 0.6 is 0 Å². The van der Waals surface area contributed by atoms with Gasteiger partial charge in [-0.05, 0) is 26.0 Å². The number of nitrogens with zero attached hydrogens (tertiary/aromatic N) is 1. The Morgan fingerprint density at radius 2 is 2.06 bits per heavy atom. The summed E-state index contributed by atoms with van der Waals surface area (Å²) in [6.07, 6.45) is 0. The van der Waals surface area contributed by atoms with Gasteiger partial charge in [0, 0.05) is 13.6 Å². The lowest BCUT2D eigenvalue weighted by atomic mass is 10.1. The van der Waals surface area contributed by atoms with Gasteiger partial charge in [0.25, 0.3) is 5.91 Å². The van der Waals surface area contributed by atoms with Gasteiger partial charge in [0.2, 0.25) is 0 Å². The number of carbonyl (C=O) groups excluding carboxylic acids is 1. The number of halogens is 1. The Labute approximate surface area is 99.3 Å². The molecule has 94 valence electrons. The molecule has 0 bridgehead atoms. The van der Waals surface area contributed by atoms with Gasteiger partial charge in [0.15, 0.2) is 0 Å². The average Bonchev–Trinajstić information content (AvgIpc) is 2.14. The molecule has 0 aliphatic heterocycles. The normalized spacial score (nSPS) is 11.4. The van der Waals surface area contributed by atoms with E-state index in [9.17, 15) is 19.4 Å². The summed E-state index contributed by atoms with van der Waals surface area (Å²) in [6.45, 7) is 3.12. The molecule has 1 aromatic rings. The lowest BCUT2D eigenvalue weighted by Crippen LogP contribution is -2.40. The molecule has 0 unspecified atom stereocenters. The van der Waals surface area contributed by atoms with Gasteiger partial charge in [-0.1, -0.05) is 6.07 Å². The number of hydrogen-bond acceptors (Lipinski definition) is 3. The zero-order chi connectivity index (χ0) is 13.2. The number of phenols is 1. The molecule has 0 heterocycles. The zero-order valence-electron chi connectivity index (χ0n) is 10.1. The van der Waals surface area contributed by atoms with Crippen LogP contribution in [0.3, 0.4) is 0 Å². The van der Waals surface area contributed by atoms with Crippen molar-refractivity contribution in [1.29, 1.82) is 0 Å². The Bertz CT molecular complexity index is 406. The van der Waals surface area contributed by atoms with E-state index in [1.54, 1.807) is 0 Å². The molecule has 0 fully saturated rings. The molecule has 4 nitrogen and oxygen atoms in total. The van der Waals surface area contributed by atoms with E-state index >= 15 is 0 Å². The number of hydrogen-bond donors (Lipinski definition) is 2. The molecule has 0 atom stereocenters. The first kappa shape index (κ1) is 13.4. The van der Waals surface area contributed by atoms with Gasteiger partial charge in [-0.2, -0.15) is 0 Å². The fourth-order valence-electron chi connectivity index (χ4n) is 1.57. The SMILES string of the molecule is CN(CC(C)(C)O)C(=O)c1c(O)cccc1F. The standard InChI is InChI=1S/C12H16FNO3/c1-12(2,17)7-14(3)11(16)10-8(13)5-4-6-9(10)15/h4-6,15,17H,7H2,1-3H3. The van der Waals surface area contributed by atoms with Crippen molar-refractivity contribution in [2.75, 3.05) is 13.6 Å². The molecule has 17 heavy (non-hydrogen) atoms. The van der Waals surface area contributed by atoms with Crippen LogP contribution in [0, 0.1) is 5.82 Å². The fourth-order valence-corrected chi connectivity index (χ4v) is 1.57. The highest BCUT2D eigenvalue weighted by atomic mass is 19.1. The third kappa shape index (κ3) is 3.42. The van der Waals surface area contributed by atoms with Crippen LogP contribution < -0.4 is 0 Å². The first-order chi connectivity index (χ1) is 7.72. The van der Waals surface area contributed by atoms with E-state index in [1.165, 1.54) is 33.0 Å². The Morgan fingerprint density at radius 1 is 1.47 bits per heavy atom. The van der Waals surface area contributed by atoms with Gasteiger partial charge < -0.3 is 15.1 Å². The largest absolute Gasteiger partial charge is 0.507 e. The minimum atomic E-state index is -1.08. The summed E-state index contributed by atoms with van der Waals surface area (Å²) < 4.78 is 13.4. The molecule has 0 radical (unpaired) electrons. The summed E-state index contributed by atoms with van der Waals surface area (Å²) in [4.78, 5) is 13.0. The molecule has 0 aliphatic carbocycles. The van der Waals surface area contributed by atoms with Crippen LogP contribution in [0.25, 0.3) is 0 Å². The lowest BCUT2D eigenvalue weighted by Gasteiger charge is -2.25. The molecule has 0 saturated heterocycles. The third-order valence-corrected chi connectivity index (χ3v) is 2.18. The first-order valence-electron chi connectivity index (χ1n) is 5.17. The van der Waals surface area contributed by atoms with Crippen LogP contribution in [0.2, 0.25) is 0 Å². The number of carbonyl (C=O) groups is 1. The van der Waals surface area contributed by atoms with Gasteiger partial charge in [-0.25, -0.2) is 4.39 Å². The Kier molecular flexibility index (Phi) is 3.72. The minimum absolute atomic E-state index is 0.0413. The minimum Gasteiger partial charge on any atom is -0.507 e. The maximum Gasteiger partial charge on any atom is 0.260 e. The van der Waals surface area contributed by atoms with Crippen molar-refractivity contribution >= 4 is 5.91 Å². The highest BCUT2D eigenvalue weighted by Crippen LogP contribution is 2.21. The number of aliphatic hydroxyl groups is 1. The van der Waals surface area contributed by atoms with Gasteiger partial charge >= 0.3 is 0 Å². The van der Waals surface area contributed by atoms with E-state index < -0.39 is 23.1 Å². The number of rotatable bonds is 3. The maximum absolute atomic E-state index is 13.4. The maximum atomic E-state index is 13.4. The second kappa shape index (κ2) is 4.71. The highest BCUT2D eigenvalue weighted by molar-refractivity contribution is 5.96. The van der Waals surface area contributed by atoms with E-state index in [-0.39, 0.29) is 12.1 Å². The van der Waals surface area contributed by atoms with E-state index in [0.717, 1.165) is 11.0 Å². The van der Waals surface area contributed by atoms with Gasteiger partial charge in [-0.3, -0.25) is 4.79 Å². The van der Waals surface area contributed by atoms with Crippen LogP contribution in [0.1, 0.15) is 24.2 Å².